The third-order valence-corrected chi connectivity index (χ3v) is 8.27. The Morgan fingerprint density at radius 1 is 0.723 bits per heavy atom. The fourth-order valence-corrected chi connectivity index (χ4v) is 5.24. The Morgan fingerprint density at radius 3 is 1.85 bits per heavy atom. The van der Waals surface area contributed by atoms with Crippen molar-refractivity contribution >= 4 is 29.5 Å². The molecule has 6 atom stereocenters. The molecule has 5 amide bonds. The van der Waals surface area contributed by atoms with Crippen LogP contribution in [0.15, 0.2) is 24.5 Å². The molecule has 0 aliphatic carbocycles. The van der Waals surface area contributed by atoms with Gasteiger partial charge in [-0.15, -0.1) is 0 Å². The van der Waals surface area contributed by atoms with Crippen LogP contribution in [0.25, 0.3) is 0 Å². The summed E-state index contributed by atoms with van der Waals surface area (Å²) in [5.74, 6) is -1.56. The minimum Gasteiger partial charge on any atom is -0.355 e. The summed E-state index contributed by atoms with van der Waals surface area (Å²) in [6.07, 6.45) is 6.41. The number of hydrogen-bond donors (Lipinski definition) is 6. The first kappa shape index (κ1) is 41.5. The van der Waals surface area contributed by atoms with Gasteiger partial charge in [-0.05, 0) is 43.9 Å². The minimum absolute atomic E-state index is 0.0865. The average molecular weight is 661 g/mol. The van der Waals surface area contributed by atoms with E-state index >= 15 is 0 Å². The van der Waals surface area contributed by atoms with E-state index in [0.29, 0.717) is 50.8 Å². The molecule has 47 heavy (non-hydrogen) atoms. The quantitative estimate of drug-likeness (QED) is 0.111. The Kier molecular flexibility index (Phi) is 18.8. The van der Waals surface area contributed by atoms with Crippen LogP contribution >= 0.6 is 0 Å². The third kappa shape index (κ3) is 14.4. The lowest BCUT2D eigenvalue weighted by molar-refractivity contribution is -0.671. The Bertz CT molecular complexity index is 1140. The van der Waals surface area contributed by atoms with Gasteiger partial charge < -0.3 is 31.9 Å². The van der Waals surface area contributed by atoms with Gasteiger partial charge in [0.2, 0.25) is 23.6 Å². The summed E-state index contributed by atoms with van der Waals surface area (Å²) in [6.45, 7) is 18.2. The van der Waals surface area contributed by atoms with Crippen molar-refractivity contribution in [2.45, 2.75) is 125 Å². The number of carbonyl (C=O) groups is 5. The monoisotopic (exact) mass is 660 g/mol. The van der Waals surface area contributed by atoms with Crippen molar-refractivity contribution in [1.29, 1.82) is 0 Å². The van der Waals surface area contributed by atoms with Crippen molar-refractivity contribution < 1.29 is 28.5 Å². The SMILES string of the molecule is CCC[C@H](NC(=O)[C@@H](NC(=O)c1cc[n+](C)cc1)[C@@H](C)CC)C(=O)N[C@H](CN[C@@H](CC)C(=O)N[C@H](C(=O)NCC)C(C)C)CC(C)C. The zero-order chi connectivity index (χ0) is 35.7. The summed E-state index contributed by atoms with van der Waals surface area (Å²) in [6, 6.07) is 0.244. The van der Waals surface area contributed by atoms with Gasteiger partial charge in [0.15, 0.2) is 12.4 Å². The highest BCUT2D eigenvalue weighted by Crippen LogP contribution is 2.12. The number of hydrogen-bond acceptors (Lipinski definition) is 6. The van der Waals surface area contributed by atoms with E-state index in [0.717, 1.165) is 0 Å². The van der Waals surface area contributed by atoms with E-state index < -0.39 is 30.1 Å². The van der Waals surface area contributed by atoms with Crippen LogP contribution in [0.3, 0.4) is 0 Å². The second-order valence-corrected chi connectivity index (χ2v) is 13.3. The normalized spacial score (nSPS) is 15.1. The van der Waals surface area contributed by atoms with Crippen LogP contribution in [0.1, 0.15) is 105 Å². The van der Waals surface area contributed by atoms with Crippen molar-refractivity contribution in [2.75, 3.05) is 13.1 Å². The number of amides is 5. The molecule has 0 saturated heterocycles. The molecule has 0 aliphatic rings. The fraction of sp³-hybridized carbons (Fsp3) is 0.714. The Labute approximate surface area is 282 Å². The molecular formula is C35H62N7O5+. The average Bonchev–Trinajstić information content (AvgIpc) is 3.01. The molecule has 1 aromatic rings. The van der Waals surface area contributed by atoms with Crippen LogP contribution in [-0.2, 0) is 26.2 Å². The summed E-state index contributed by atoms with van der Waals surface area (Å²) >= 11 is 0. The molecule has 0 spiro atoms. The number of aromatic nitrogens is 1. The Balaban J connectivity index is 3.03. The molecule has 0 aliphatic heterocycles. The topological polar surface area (TPSA) is 161 Å². The smallest absolute Gasteiger partial charge is 0.252 e. The van der Waals surface area contributed by atoms with E-state index in [4.69, 9.17) is 0 Å². The lowest BCUT2D eigenvalue weighted by atomic mass is 9.97. The Morgan fingerprint density at radius 2 is 1.34 bits per heavy atom. The molecule has 12 heteroatoms. The van der Waals surface area contributed by atoms with Crippen molar-refractivity contribution in [3.05, 3.63) is 30.1 Å². The first-order chi connectivity index (χ1) is 22.2. The molecule has 1 rings (SSSR count). The predicted molar refractivity (Wildman–Crippen MR) is 184 cm³/mol. The molecule has 0 aromatic carbocycles. The summed E-state index contributed by atoms with van der Waals surface area (Å²) in [5, 5.41) is 17.8. The summed E-state index contributed by atoms with van der Waals surface area (Å²) in [4.78, 5) is 65.9. The van der Waals surface area contributed by atoms with Crippen molar-refractivity contribution in [2.24, 2.45) is 24.8 Å². The second kappa shape index (κ2) is 21.4. The van der Waals surface area contributed by atoms with Gasteiger partial charge in [-0.3, -0.25) is 24.0 Å². The third-order valence-electron chi connectivity index (χ3n) is 8.27. The Hall–Kier alpha value is -3.54. The molecule has 1 aromatic heterocycles. The van der Waals surface area contributed by atoms with Gasteiger partial charge in [0.25, 0.3) is 5.91 Å². The highest BCUT2D eigenvalue weighted by atomic mass is 16.2. The van der Waals surface area contributed by atoms with Gasteiger partial charge in [0.05, 0.1) is 11.6 Å². The minimum atomic E-state index is -0.820. The van der Waals surface area contributed by atoms with Gasteiger partial charge in [0, 0.05) is 31.3 Å². The van der Waals surface area contributed by atoms with Crippen molar-refractivity contribution in [3.63, 3.8) is 0 Å². The van der Waals surface area contributed by atoms with Crippen LogP contribution in [-0.4, -0.2) is 72.8 Å². The zero-order valence-corrected chi connectivity index (χ0v) is 30.4. The van der Waals surface area contributed by atoms with Crippen LogP contribution in [0, 0.1) is 17.8 Å². The molecule has 0 radical (unpaired) electrons. The highest BCUT2D eigenvalue weighted by Gasteiger charge is 2.32. The van der Waals surface area contributed by atoms with E-state index in [1.54, 1.807) is 24.5 Å². The van der Waals surface area contributed by atoms with Crippen molar-refractivity contribution in [1.82, 2.24) is 31.9 Å². The van der Waals surface area contributed by atoms with Gasteiger partial charge in [-0.2, -0.15) is 0 Å². The van der Waals surface area contributed by atoms with E-state index in [2.05, 4.69) is 45.7 Å². The van der Waals surface area contributed by atoms with Crippen molar-refractivity contribution in [3.8, 4) is 0 Å². The fourth-order valence-electron chi connectivity index (χ4n) is 5.24. The van der Waals surface area contributed by atoms with E-state index in [9.17, 15) is 24.0 Å². The molecule has 6 N–H and O–H groups in total. The lowest BCUT2D eigenvalue weighted by Crippen LogP contribution is -2.58. The zero-order valence-electron chi connectivity index (χ0n) is 30.4. The molecule has 266 valence electrons. The predicted octanol–water partition coefficient (Wildman–Crippen LogP) is 2.12. The van der Waals surface area contributed by atoms with Gasteiger partial charge in [-0.25, -0.2) is 4.57 Å². The second-order valence-electron chi connectivity index (χ2n) is 13.3. The first-order valence-electron chi connectivity index (χ1n) is 17.4. The van der Waals surface area contributed by atoms with Crippen LogP contribution in [0.2, 0.25) is 0 Å². The first-order valence-corrected chi connectivity index (χ1v) is 17.4. The summed E-state index contributed by atoms with van der Waals surface area (Å²) in [7, 11) is 1.86. The molecule has 0 bridgehead atoms. The number of nitrogens with one attached hydrogen (secondary N) is 6. The number of carbonyl (C=O) groups excluding carboxylic acids is 5. The van der Waals surface area contributed by atoms with Crippen LogP contribution < -0.4 is 36.5 Å². The number of aryl methyl sites for hydroxylation is 1. The standard InChI is InChI=1S/C35H61N7O5/c1-11-15-28(39-35(47)30(24(9)12-2)41-31(43)25-16-18-42(10)19-17-25)33(45)38-26(20-22(5)6)21-37-27(13-3)32(44)40-29(23(7)8)34(46)36-14-4/h16-19,22-24,26-30,37H,11-15,20-21H2,1-10H3,(H4-,36,38,39,40,41,43,44,45,46,47)/p+1/t24-,26-,27-,28-,29-,30-/m0/s1. The number of pyridine rings is 1. The molecule has 0 fully saturated rings. The van der Waals surface area contributed by atoms with Crippen LogP contribution in [0.5, 0.6) is 0 Å². The molecule has 0 saturated carbocycles. The highest BCUT2D eigenvalue weighted by molar-refractivity contribution is 5.98. The van der Waals surface area contributed by atoms with E-state index in [1.807, 2.05) is 60.1 Å². The molecule has 0 unspecified atom stereocenters. The molecule has 12 nitrogen and oxygen atoms in total. The van der Waals surface area contributed by atoms with Gasteiger partial charge >= 0.3 is 0 Å². The van der Waals surface area contributed by atoms with Crippen LogP contribution in [0.4, 0.5) is 0 Å². The maximum Gasteiger partial charge on any atom is 0.252 e. The number of rotatable bonds is 21. The summed E-state index contributed by atoms with van der Waals surface area (Å²) in [5.41, 5.74) is 0.444. The molecular weight excluding hydrogens is 598 g/mol. The van der Waals surface area contributed by atoms with Gasteiger partial charge in [-0.1, -0.05) is 68.2 Å². The largest absolute Gasteiger partial charge is 0.355 e. The number of nitrogens with zero attached hydrogens (tertiary/aromatic N) is 1. The van der Waals surface area contributed by atoms with E-state index in [1.165, 1.54) is 0 Å². The van der Waals surface area contributed by atoms with E-state index in [-0.39, 0.29) is 47.4 Å². The summed E-state index contributed by atoms with van der Waals surface area (Å²) < 4.78 is 1.82. The maximum atomic E-state index is 13.6. The lowest BCUT2D eigenvalue weighted by Gasteiger charge is -2.29. The maximum absolute atomic E-state index is 13.6. The van der Waals surface area contributed by atoms with Gasteiger partial charge in [0.1, 0.15) is 25.2 Å². The molecule has 1 heterocycles. The number of likely N-dealkylation sites (N-methyl/N-ethyl adjacent to an activating group) is 1.